The topological polar surface area (TPSA) is 60.2 Å². The minimum Gasteiger partial charge on any atom is -0.489 e. The van der Waals surface area contributed by atoms with E-state index in [1.54, 1.807) is 18.3 Å². The third kappa shape index (κ3) is 3.34. The van der Waals surface area contributed by atoms with Crippen molar-refractivity contribution >= 4 is 17.4 Å². The van der Waals surface area contributed by atoms with Crippen LogP contribution in [-0.4, -0.2) is 4.98 Å². The number of pyridine rings is 1. The number of rotatable bonds is 4. The molecule has 0 atom stereocenters. The Morgan fingerprint density at radius 2 is 2.00 bits per heavy atom. The van der Waals surface area contributed by atoms with Gasteiger partial charge in [-0.15, -0.1) is 0 Å². The van der Waals surface area contributed by atoms with Crippen LogP contribution in [0.25, 0.3) is 0 Å². The summed E-state index contributed by atoms with van der Waals surface area (Å²) in [7, 11) is 0. The van der Waals surface area contributed by atoms with Gasteiger partial charge in [0, 0.05) is 17.3 Å². The lowest BCUT2D eigenvalue weighted by atomic mass is 10.2. The smallest absolute Gasteiger partial charge is 0.143 e. The molecular formula is C12H12ClN3O. The van der Waals surface area contributed by atoms with Crippen LogP contribution in [0.1, 0.15) is 5.56 Å². The van der Waals surface area contributed by atoms with Gasteiger partial charge in [-0.25, -0.2) is 10.8 Å². The molecular weight excluding hydrogens is 238 g/mol. The molecule has 17 heavy (non-hydrogen) atoms. The van der Waals surface area contributed by atoms with Crippen molar-refractivity contribution in [2.24, 2.45) is 5.84 Å². The van der Waals surface area contributed by atoms with Crippen molar-refractivity contribution in [2.75, 3.05) is 5.43 Å². The van der Waals surface area contributed by atoms with Crippen LogP contribution in [0.5, 0.6) is 5.75 Å². The Hall–Kier alpha value is -1.78. The number of hydrogen-bond acceptors (Lipinski definition) is 4. The summed E-state index contributed by atoms with van der Waals surface area (Å²) in [5.74, 6) is 6.54. The molecule has 2 aromatic rings. The first-order valence-corrected chi connectivity index (χ1v) is 5.45. The van der Waals surface area contributed by atoms with Crippen LogP contribution in [0.2, 0.25) is 5.02 Å². The molecule has 3 N–H and O–H groups in total. The molecule has 5 heteroatoms. The lowest BCUT2D eigenvalue weighted by Crippen LogP contribution is -2.08. The Balaban J connectivity index is 1.99. The van der Waals surface area contributed by atoms with Gasteiger partial charge in [-0.05, 0) is 23.8 Å². The van der Waals surface area contributed by atoms with Crippen molar-refractivity contribution in [3.63, 3.8) is 0 Å². The van der Waals surface area contributed by atoms with Crippen molar-refractivity contribution in [3.05, 3.63) is 53.2 Å². The molecule has 0 aliphatic heterocycles. The van der Waals surface area contributed by atoms with E-state index in [9.17, 15) is 0 Å². The van der Waals surface area contributed by atoms with Gasteiger partial charge in [0.15, 0.2) is 0 Å². The third-order valence-corrected chi connectivity index (χ3v) is 2.45. The van der Waals surface area contributed by atoms with Crippen LogP contribution < -0.4 is 16.0 Å². The maximum Gasteiger partial charge on any atom is 0.143 e. The van der Waals surface area contributed by atoms with Gasteiger partial charge >= 0.3 is 0 Å². The van der Waals surface area contributed by atoms with Crippen molar-refractivity contribution in [1.29, 1.82) is 0 Å². The molecule has 0 radical (unpaired) electrons. The van der Waals surface area contributed by atoms with Crippen LogP contribution in [0.3, 0.4) is 0 Å². The lowest BCUT2D eigenvalue weighted by Gasteiger charge is -2.07. The van der Waals surface area contributed by atoms with E-state index >= 15 is 0 Å². The summed E-state index contributed by atoms with van der Waals surface area (Å²) in [4.78, 5) is 3.99. The highest BCUT2D eigenvalue weighted by molar-refractivity contribution is 6.30. The molecule has 0 aliphatic rings. The summed E-state index contributed by atoms with van der Waals surface area (Å²) in [6, 6.07) is 11.0. The number of halogens is 1. The summed E-state index contributed by atoms with van der Waals surface area (Å²) >= 11 is 5.80. The van der Waals surface area contributed by atoms with Crippen molar-refractivity contribution in [3.8, 4) is 5.75 Å². The van der Waals surface area contributed by atoms with E-state index in [2.05, 4.69) is 10.4 Å². The van der Waals surface area contributed by atoms with Crippen molar-refractivity contribution in [1.82, 2.24) is 4.98 Å². The van der Waals surface area contributed by atoms with Crippen LogP contribution in [0.4, 0.5) is 5.82 Å². The number of hydrogen-bond donors (Lipinski definition) is 2. The first-order valence-electron chi connectivity index (χ1n) is 5.08. The number of nitrogens with zero attached hydrogens (tertiary/aromatic N) is 1. The number of nitrogen functional groups attached to an aromatic ring is 1. The molecule has 0 bridgehead atoms. The van der Waals surface area contributed by atoms with Crippen LogP contribution in [-0.2, 0) is 6.61 Å². The molecule has 0 saturated carbocycles. The summed E-state index contributed by atoms with van der Waals surface area (Å²) in [5.41, 5.74) is 3.51. The van der Waals surface area contributed by atoms with Gasteiger partial charge in [-0.3, -0.25) is 0 Å². The van der Waals surface area contributed by atoms with E-state index < -0.39 is 0 Å². The molecule has 0 unspecified atom stereocenters. The molecule has 4 nitrogen and oxygen atoms in total. The Labute approximate surface area is 104 Å². The number of anilines is 1. The van der Waals surface area contributed by atoms with E-state index in [0.717, 1.165) is 5.56 Å². The maximum absolute atomic E-state index is 5.80. The molecule has 2 rings (SSSR count). The average molecular weight is 250 g/mol. The van der Waals surface area contributed by atoms with Gasteiger partial charge in [-0.1, -0.05) is 23.7 Å². The predicted molar refractivity (Wildman–Crippen MR) is 67.8 cm³/mol. The highest BCUT2D eigenvalue weighted by Crippen LogP contribution is 2.16. The van der Waals surface area contributed by atoms with Crippen molar-refractivity contribution in [2.45, 2.75) is 6.61 Å². The molecule has 0 fully saturated rings. The molecule has 1 heterocycles. The lowest BCUT2D eigenvalue weighted by molar-refractivity contribution is 0.306. The van der Waals surface area contributed by atoms with Gasteiger partial charge < -0.3 is 10.2 Å². The number of nitrogens with two attached hydrogens (primary N) is 1. The SMILES string of the molecule is NNc1cc(OCc2ccc(Cl)cc2)ccn1. The van der Waals surface area contributed by atoms with E-state index in [-0.39, 0.29) is 0 Å². The van der Waals surface area contributed by atoms with Gasteiger partial charge in [0.25, 0.3) is 0 Å². The average Bonchev–Trinajstić information content (AvgIpc) is 2.38. The maximum atomic E-state index is 5.80. The quantitative estimate of drug-likeness (QED) is 0.646. The summed E-state index contributed by atoms with van der Waals surface area (Å²) in [6.45, 7) is 0.477. The van der Waals surface area contributed by atoms with E-state index in [4.69, 9.17) is 22.2 Å². The fraction of sp³-hybridized carbons (Fsp3) is 0.0833. The number of hydrazine groups is 1. The second kappa shape index (κ2) is 5.52. The van der Waals surface area contributed by atoms with E-state index in [1.165, 1.54) is 0 Å². The van der Waals surface area contributed by atoms with Crippen LogP contribution >= 0.6 is 11.6 Å². The Morgan fingerprint density at radius 3 is 2.71 bits per heavy atom. The fourth-order valence-corrected chi connectivity index (χ4v) is 1.45. The minimum atomic E-state index is 0.477. The number of aromatic nitrogens is 1. The standard InChI is InChI=1S/C12H12ClN3O/c13-10-3-1-9(2-4-10)8-17-11-5-6-15-12(7-11)16-14/h1-7H,8,14H2,(H,15,16). The highest BCUT2D eigenvalue weighted by Gasteiger charge is 1.98. The zero-order chi connectivity index (χ0) is 12.1. The highest BCUT2D eigenvalue weighted by atomic mass is 35.5. The molecule has 88 valence electrons. The first-order chi connectivity index (χ1) is 8.28. The van der Waals surface area contributed by atoms with E-state index in [1.807, 2.05) is 24.3 Å². The monoisotopic (exact) mass is 249 g/mol. The van der Waals surface area contributed by atoms with E-state index in [0.29, 0.717) is 23.2 Å². The Kier molecular flexibility index (Phi) is 3.80. The van der Waals surface area contributed by atoms with Gasteiger partial charge in [0.1, 0.15) is 18.2 Å². The van der Waals surface area contributed by atoms with Crippen molar-refractivity contribution < 1.29 is 4.74 Å². The number of nitrogens with one attached hydrogen (secondary N) is 1. The molecule has 0 saturated heterocycles. The fourth-order valence-electron chi connectivity index (χ4n) is 1.33. The largest absolute Gasteiger partial charge is 0.489 e. The Morgan fingerprint density at radius 1 is 1.24 bits per heavy atom. The molecule has 0 aliphatic carbocycles. The van der Waals surface area contributed by atoms with Gasteiger partial charge in [0.05, 0.1) is 0 Å². The predicted octanol–water partition coefficient (Wildman–Crippen LogP) is 2.60. The molecule has 0 amide bonds. The second-order valence-corrected chi connectivity index (χ2v) is 3.87. The molecule has 1 aromatic carbocycles. The van der Waals surface area contributed by atoms with Gasteiger partial charge in [0.2, 0.25) is 0 Å². The number of ether oxygens (including phenoxy) is 1. The summed E-state index contributed by atoms with van der Waals surface area (Å²) in [5, 5.41) is 0.715. The second-order valence-electron chi connectivity index (χ2n) is 3.44. The summed E-state index contributed by atoms with van der Waals surface area (Å²) < 4.78 is 5.60. The molecule has 1 aromatic heterocycles. The summed E-state index contributed by atoms with van der Waals surface area (Å²) in [6.07, 6.45) is 1.63. The number of benzene rings is 1. The third-order valence-electron chi connectivity index (χ3n) is 2.20. The zero-order valence-corrected chi connectivity index (χ0v) is 9.82. The zero-order valence-electron chi connectivity index (χ0n) is 9.06. The molecule has 0 spiro atoms. The van der Waals surface area contributed by atoms with Gasteiger partial charge in [-0.2, -0.15) is 0 Å². The minimum absolute atomic E-state index is 0.477. The first kappa shape index (κ1) is 11.7. The Bertz CT molecular complexity index is 487. The normalized spacial score (nSPS) is 10.0. The van der Waals surface area contributed by atoms with Crippen LogP contribution in [0, 0.1) is 0 Å². The van der Waals surface area contributed by atoms with Crippen LogP contribution in [0.15, 0.2) is 42.6 Å².